The molecule has 0 rings (SSSR count). The van der Waals surface area contributed by atoms with Crippen molar-refractivity contribution < 1.29 is 0 Å². The van der Waals surface area contributed by atoms with Crippen LogP contribution in [0.4, 0.5) is 0 Å². The molecule has 0 amide bonds. The molecule has 0 saturated heterocycles. The van der Waals surface area contributed by atoms with Crippen LogP contribution >= 0.6 is 0 Å². The third-order valence-corrected chi connectivity index (χ3v) is 0.300. The van der Waals surface area contributed by atoms with Crippen molar-refractivity contribution in [1.82, 2.24) is 0 Å². The van der Waals surface area contributed by atoms with E-state index in [1.165, 1.54) is 6.34 Å². The highest BCUT2D eigenvalue weighted by Crippen LogP contribution is 1.64. The molecule has 7 heavy (non-hydrogen) atoms. The lowest BCUT2D eigenvalue weighted by Gasteiger charge is -1.65. The van der Waals surface area contributed by atoms with Gasteiger partial charge in [0, 0.05) is 13.8 Å². The molecule has 0 aromatic carbocycles. The molecule has 0 atom stereocenters. The molecule has 0 saturated carbocycles. The molecule has 0 aliphatic rings. The quantitative estimate of drug-likeness (QED) is 0.211. The van der Waals surface area contributed by atoms with Crippen LogP contribution in [0.15, 0.2) is 20.4 Å². The molecule has 0 aliphatic heterocycles. The van der Waals surface area contributed by atoms with Gasteiger partial charge in [0.2, 0.25) is 0 Å². The molecule has 0 spiro atoms. The van der Waals surface area contributed by atoms with Gasteiger partial charge in [-0.25, -0.2) is 0 Å². The minimum Gasteiger partial charge on any atom is -0.191 e. The van der Waals surface area contributed by atoms with Crippen molar-refractivity contribution in [3.63, 3.8) is 0 Å². The largest absolute Gasteiger partial charge is 0.191 e. The Labute approximate surface area is 41.7 Å². The fourth-order valence-electron chi connectivity index (χ4n) is 0.111. The average Bonchev–Trinajstić information content (AvgIpc) is 1.69. The zero-order valence-corrected chi connectivity index (χ0v) is 4.07. The Morgan fingerprint density at radius 1 is 1.57 bits per heavy atom. The summed E-state index contributed by atoms with van der Waals surface area (Å²) < 4.78 is 0. The second kappa shape index (κ2) is 4.94. The lowest BCUT2D eigenvalue weighted by molar-refractivity contribution is 1.18. The fourth-order valence-corrected chi connectivity index (χ4v) is 0.111. The van der Waals surface area contributed by atoms with Crippen LogP contribution in [0.5, 0.6) is 0 Å². The van der Waals surface area contributed by atoms with Gasteiger partial charge >= 0.3 is 0 Å². The topological polar surface area (TPSA) is 49.4 Å². The summed E-state index contributed by atoms with van der Waals surface area (Å²) in [5, 5.41) is 13.2. The Morgan fingerprint density at radius 2 is 2.29 bits per heavy atom. The van der Waals surface area contributed by atoms with Crippen LogP contribution in [0.25, 0.3) is 0 Å². The van der Waals surface area contributed by atoms with Crippen LogP contribution in [0.3, 0.4) is 0 Å². The van der Waals surface area contributed by atoms with Crippen LogP contribution in [0.1, 0.15) is 0 Å². The second-order valence-electron chi connectivity index (χ2n) is 0.688. The van der Waals surface area contributed by atoms with Gasteiger partial charge in [0.1, 0.15) is 0 Å². The van der Waals surface area contributed by atoms with E-state index in [1.54, 1.807) is 7.05 Å². The Morgan fingerprint density at radius 3 is 2.71 bits per heavy atom. The Kier molecular flexibility index (Phi) is 4.19. The number of rotatable bonds is 2. The lowest BCUT2D eigenvalue weighted by atomic mass is 11.3. The average molecular weight is 98.1 g/mol. The van der Waals surface area contributed by atoms with Gasteiger partial charge < -0.3 is 0 Å². The van der Waals surface area contributed by atoms with Crippen LogP contribution in [-0.4, -0.2) is 20.1 Å². The van der Waals surface area contributed by atoms with Gasteiger partial charge in [0.15, 0.2) is 6.34 Å². The molecule has 0 aliphatic carbocycles. The molecule has 0 aromatic heterocycles. The standard InChI is InChI=1S/C3H6N4/c1-4-6-3-7-5-2/h3H,1H2,2H3/b6-3-,7-5?. The van der Waals surface area contributed by atoms with Crippen LogP contribution in [0, 0.1) is 0 Å². The number of azo groups is 1. The molecule has 4 heteroatoms. The molecule has 0 heterocycles. The van der Waals surface area contributed by atoms with Gasteiger partial charge in [-0.05, 0) is 0 Å². The highest BCUT2D eigenvalue weighted by molar-refractivity contribution is 5.54. The summed E-state index contributed by atoms with van der Waals surface area (Å²) in [6.07, 6.45) is 1.22. The van der Waals surface area contributed by atoms with E-state index in [9.17, 15) is 0 Å². The highest BCUT2D eigenvalue weighted by atomic mass is 15.2. The first-order chi connectivity index (χ1) is 3.41. The highest BCUT2D eigenvalue weighted by Gasteiger charge is 1.53. The minimum atomic E-state index is 1.22. The molecule has 0 fully saturated rings. The summed E-state index contributed by atoms with van der Waals surface area (Å²) in [5.74, 6) is 0. The molecule has 0 bridgehead atoms. The van der Waals surface area contributed by atoms with E-state index >= 15 is 0 Å². The van der Waals surface area contributed by atoms with E-state index in [0.29, 0.717) is 0 Å². The monoisotopic (exact) mass is 98.1 g/mol. The SMILES string of the molecule is C=N/N=C\N=NC. The van der Waals surface area contributed by atoms with E-state index < -0.39 is 0 Å². The predicted octanol–water partition coefficient (Wildman–Crippen LogP) is 0.712. The van der Waals surface area contributed by atoms with Gasteiger partial charge in [-0.15, -0.1) is 10.2 Å². The summed E-state index contributed by atoms with van der Waals surface area (Å²) >= 11 is 0. The maximum atomic E-state index is 3.36. The molecule has 4 nitrogen and oxygen atoms in total. The molecule has 0 aromatic rings. The summed E-state index contributed by atoms with van der Waals surface area (Å²) in [4.78, 5) is 0. The normalized spacial score (nSPS) is 11.0. The number of hydrogen-bond donors (Lipinski definition) is 0. The minimum absolute atomic E-state index is 1.22. The van der Waals surface area contributed by atoms with Crippen molar-refractivity contribution in [3.05, 3.63) is 0 Å². The fraction of sp³-hybridized carbons (Fsp3) is 0.333. The molecular formula is C3H6N4. The van der Waals surface area contributed by atoms with Crippen LogP contribution in [0.2, 0.25) is 0 Å². The first-order valence-electron chi connectivity index (χ1n) is 1.68. The molecule has 0 N–H and O–H groups in total. The Hall–Kier alpha value is -1.06. The number of hydrogen-bond acceptors (Lipinski definition) is 3. The van der Waals surface area contributed by atoms with Gasteiger partial charge in [-0.2, -0.15) is 10.2 Å². The Balaban J connectivity index is 3.27. The maximum absolute atomic E-state index is 3.36. The zero-order chi connectivity index (χ0) is 5.54. The van der Waals surface area contributed by atoms with E-state index in [0.717, 1.165) is 0 Å². The molecular weight excluding hydrogens is 92.1 g/mol. The van der Waals surface area contributed by atoms with Crippen molar-refractivity contribution in [1.29, 1.82) is 0 Å². The van der Waals surface area contributed by atoms with Gasteiger partial charge in [-0.1, -0.05) is 0 Å². The summed E-state index contributed by atoms with van der Waals surface area (Å²) in [5.41, 5.74) is 0. The van der Waals surface area contributed by atoms with Crippen molar-refractivity contribution in [3.8, 4) is 0 Å². The third kappa shape index (κ3) is 4.94. The van der Waals surface area contributed by atoms with E-state index in [4.69, 9.17) is 0 Å². The Bertz CT molecular complexity index is 93.1. The van der Waals surface area contributed by atoms with Crippen molar-refractivity contribution >= 4 is 13.1 Å². The van der Waals surface area contributed by atoms with Crippen molar-refractivity contribution in [2.45, 2.75) is 0 Å². The summed E-state index contributed by atoms with van der Waals surface area (Å²) in [6.45, 7) is 3.08. The van der Waals surface area contributed by atoms with E-state index in [-0.39, 0.29) is 0 Å². The van der Waals surface area contributed by atoms with Crippen molar-refractivity contribution in [2.75, 3.05) is 7.05 Å². The van der Waals surface area contributed by atoms with E-state index in [1.807, 2.05) is 0 Å². The van der Waals surface area contributed by atoms with Gasteiger partial charge in [0.05, 0.1) is 0 Å². The van der Waals surface area contributed by atoms with Crippen LogP contribution < -0.4 is 0 Å². The zero-order valence-electron chi connectivity index (χ0n) is 4.07. The lowest BCUT2D eigenvalue weighted by Crippen LogP contribution is -1.57. The maximum Gasteiger partial charge on any atom is 0.160 e. The molecule has 0 radical (unpaired) electrons. The summed E-state index contributed by atoms with van der Waals surface area (Å²) in [7, 11) is 1.55. The first-order valence-corrected chi connectivity index (χ1v) is 1.68. The molecule has 0 unspecified atom stereocenters. The van der Waals surface area contributed by atoms with Crippen molar-refractivity contribution in [2.24, 2.45) is 20.4 Å². The van der Waals surface area contributed by atoms with Gasteiger partial charge in [0.25, 0.3) is 0 Å². The van der Waals surface area contributed by atoms with E-state index in [2.05, 4.69) is 27.1 Å². The molecule has 38 valence electrons. The second-order valence-corrected chi connectivity index (χ2v) is 0.688. The smallest absolute Gasteiger partial charge is 0.160 e. The van der Waals surface area contributed by atoms with Crippen LogP contribution in [-0.2, 0) is 0 Å². The van der Waals surface area contributed by atoms with Gasteiger partial charge in [-0.3, -0.25) is 0 Å². The summed E-state index contributed by atoms with van der Waals surface area (Å²) in [6, 6.07) is 0. The third-order valence-electron chi connectivity index (χ3n) is 0.300. The number of nitrogens with zero attached hydrogens (tertiary/aromatic N) is 4. The predicted molar refractivity (Wildman–Crippen MR) is 28.8 cm³/mol. The first kappa shape index (κ1) is 5.94.